The number of isocyanates is 2. The number of carbonyl (C=O) groups excluding carboxylic acids is 2. The van der Waals surface area contributed by atoms with Crippen molar-refractivity contribution in [2.24, 2.45) is 27.2 Å². The van der Waals surface area contributed by atoms with E-state index in [0.717, 1.165) is 38.0 Å². The van der Waals surface area contributed by atoms with E-state index < -0.39 is 0 Å². The summed E-state index contributed by atoms with van der Waals surface area (Å²) in [5.74, 6) is 1.12. The van der Waals surface area contributed by atoms with Crippen molar-refractivity contribution < 1.29 is 9.59 Å². The first-order chi connectivity index (χ1) is 9.71. The molecule has 3 aliphatic carbocycles. The maximum absolute atomic E-state index is 10.8. The maximum Gasteiger partial charge on any atom is 0.235 e. The van der Waals surface area contributed by atoms with Crippen molar-refractivity contribution in [2.75, 3.05) is 0 Å². The van der Waals surface area contributed by atoms with Crippen molar-refractivity contribution in [3.05, 3.63) is 0 Å². The van der Waals surface area contributed by atoms with Crippen LogP contribution in [0.5, 0.6) is 0 Å². The third-order valence-corrected chi connectivity index (χ3v) is 5.72. The molecule has 0 N–H and O–H groups in total. The molecule has 20 heavy (non-hydrogen) atoms. The summed E-state index contributed by atoms with van der Waals surface area (Å²) in [6, 6.07) is 0.0636. The highest BCUT2D eigenvalue weighted by Gasteiger charge is 2.53. The molecule has 3 fully saturated rings. The second-order valence-corrected chi connectivity index (χ2v) is 6.36. The molecule has 0 aromatic rings. The molecular weight excluding hydrogens is 252 g/mol. The van der Waals surface area contributed by atoms with Crippen molar-refractivity contribution >= 4 is 12.2 Å². The fraction of sp³-hybridized carbons (Fsp3) is 0.875. The molecule has 0 heterocycles. The van der Waals surface area contributed by atoms with E-state index in [4.69, 9.17) is 0 Å². The Hall–Kier alpha value is -1.24. The number of fused-ring (bicyclic) bond motifs is 3. The highest BCUT2D eigenvalue weighted by atomic mass is 16.1. The molecule has 0 aliphatic heterocycles. The molecule has 3 rings (SSSR count). The summed E-state index contributed by atoms with van der Waals surface area (Å²) >= 11 is 0. The van der Waals surface area contributed by atoms with Gasteiger partial charge in [-0.2, -0.15) is 0 Å². The molecule has 4 nitrogen and oxygen atoms in total. The van der Waals surface area contributed by atoms with Crippen LogP contribution in [-0.2, 0) is 9.59 Å². The van der Waals surface area contributed by atoms with Gasteiger partial charge >= 0.3 is 0 Å². The van der Waals surface area contributed by atoms with Gasteiger partial charge in [0.2, 0.25) is 12.2 Å². The molecule has 0 saturated heterocycles. The largest absolute Gasteiger partial charge is 0.235 e. The molecule has 3 atom stereocenters. The molecule has 4 heteroatoms. The van der Waals surface area contributed by atoms with E-state index in [-0.39, 0.29) is 17.5 Å². The first kappa shape index (κ1) is 15.2. The number of hydrogen-bond donors (Lipinski definition) is 0. The SMILES string of the molecule is CCC(N=C=O)C1CC2CCC1(C(CC)N=C=O)CC2. The van der Waals surface area contributed by atoms with Crippen LogP contribution in [-0.4, -0.2) is 24.2 Å². The average Bonchev–Trinajstić information content (AvgIpc) is 2.51. The predicted molar refractivity (Wildman–Crippen MR) is 76.9 cm³/mol. The van der Waals surface area contributed by atoms with E-state index in [0.29, 0.717) is 5.92 Å². The Balaban J connectivity index is 2.37. The molecule has 110 valence electrons. The third-order valence-electron chi connectivity index (χ3n) is 5.72. The second-order valence-electron chi connectivity index (χ2n) is 6.36. The first-order valence-corrected chi connectivity index (χ1v) is 7.85. The number of hydrogen-bond acceptors (Lipinski definition) is 4. The monoisotopic (exact) mass is 276 g/mol. The molecule has 0 radical (unpaired) electrons. The summed E-state index contributed by atoms with van der Waals surface area (Å²) < 4.78 is 0. The molecule has 0 aromatic carbocycles. The van der Waals surface area contributed by atoms with Gasteiger partial charge in [0.15, 0.2) is 0 Å². The Morgan fingerprint density at radius 2 is 1.75 bits per heavy atom. The van der Waals surface area contributed by atoms with Crippen molar-refractivity contribution in [1.29, 1.82) is 0 Å². The van der Waals surface area contributed by atoms with Gasteiger partial charge in [-0.1, -0.05) is 13.8 Å². The van der Waals surface area contributed by atoms with Gasteiger partial charge in [0.05, 0.1) is 12.1 Å². The van der Waals surface area contributed by atoms with Crippen LogP contribution < -0.4 is 0 Å². The number of rotatable bonds is 6. The Labute approximate surface area is 120 Å². The van der Waals surface area contributed by atoms with Crippen molar-refractivity contribution in [3.63, 3.8) is 0 Å². The molecule has 3 saturated carbocycles. The lowest BCUT2D eigenvalue weighted by molar-refractivity contribution is -0.0387. The Bertz CT molecular complexity index is 428. The van der Waals surface area contributed by atoms with Crippen LogP contribution >= 0.6 is 0 Å². The van der Waals surface area contributed by atoms with Crippen LogP contribution in [0, 0.1) is 17.3 Å². The normalized spacial score (nSPS) is 34.7. The zero-order valence-electron chi connectivity index (χ0n) is 12.5. The van der Waals surface area contributed by atoms with E-state index in [1.165, 1.54) is 12.8 Å². The van der Waals surface area contributed by atoms with E-state index in [9.17, 15) is 9.59 Å². The van der Waals surface area contributed by atoms with Crippen LogP contribution in [0.3, 0.4) is 0 Å². The van der Waals surface area contributed by atoms with Crippen LogP contribution in [0.4, 0.5) is 0 Å². The topological polar surface area (TPSA) is 58.9 Å². The summed E-state index contributed by atoms with van der Waals surface area (Å²) in [4.78, 5) is 29.7. The minimum atomic E-state index is 0.0298. The Morgan fingerprint density at radius 3 is 2.25 bits per heavy atom. The quantitative estimate of drug-likeness (QED) is 0.551. The van der Waals surface area contributed by atoms with Crippen molar-refractivity contribution in [1.82, 2.24) is 0 Å². The zero-order chi connectivity index (χ0) is 14.6. The van der Waals surface area contributed by atoms with Gasteiger partial charge in [-0.15, -0.1) is 0 Å². The Kier molecular flexibility index (Phi) is 4.91. The van der Waals surface area contributed by atoms with Gasteiger partial charge in [-0.25, -0.2) is 19.6 Å². The van der Waals surface area contributed by atoms with E-state index in [1.54, 1.807) is 12.2 Å². The molecular formula is C16H24N2O2. The summed E-state index contributed by atoms with van der Waals surface area (Å²) in [6.07, 6.45) is 11.0. The molecule has 0 aromatic heterocycles. The van der Waals surface area contributed by atoms with Crippen molar-refractivity contribution in [2.45, 2.75) is 70.9 Å². The van der Waals surface area contributed by atoms with E-state index in [1.807, 2.05) is 0 Å². The smallest absolute Gasteiger partial charge is 0.211 e. The lowest BCUT2D eigenvalue weighted by Gasteiger charge is -2.56. The number of aliphatic imine (C=N–C) groups is 2. The zero-order valence-corrected chi connectivity index (χ0v) is 12.5. The lowest BCUT2D eigenvalue weighted by atomic mass is 9.50. The first-order valence-electron chi connectivity index (χ1n) is 7.85. The molecule has 0 spiro atoms. The lowest BCUT2D eigenvalue weighted by Crippen LogP contribution is -2.52. The average molecular weight is 276 g/mol. The Morgan fingerprint density at radius 1 is 1.10 bits per heavy atom. The van der Waals surface area contributed by atoms with Gasteiger partial charge in [-0.3, -0.25) is 0 Å². The second kappa shape index (κ2) is 6.47. The van der Waals surface area contributed by atoms with E-state index >= 15 is 0 Å². The minimum Gasteiger partial charge on any atom is -0.211 e. The molecule has 3 unspecified atom stereocenters. The van der Waals surface area contributed by atoms with E-state index in [2.05, 4.69) is 23.8 Å². The summed E-state index contributed by atoms with van der Waals surface area (Å²) in [6.45, 7) is 4.16. The number of nitrogens with zero attached hydrogens (tertiary/aromatic N) is 2. The highest BCUT2D eigenvalue weighted by Crippen LogP contribution is 2.58. The molecule has 3 aliphatic rings. The summed E-state index contributed by atoms with van der Waals surface area (Å²) in [5.41, 5.74) is 0.0436. The fourth-order valence-corrected chi connectivity index (χ4v) is 4.76. The maximum atomic E-state index is 10.8. The molecule has 2 bridgehead atoms. The highest BCUT2D eigenvalue weighted by molar-refractivity contribution is 5.35. The van der Waals surface area contributed by atoms with Crippen LogP contribution in [0.15, 0.2) is 9.98 Å². The van der Waals surface area contributed by atoms with Crippen LogP contribution in [0.1, 0.15) is 58.8 Å². The predicted octanol–water partition coefficient (Wildman–Crippen LogP) is 3.41. The van der Waals surface area contributed by atoms with Gasteiger partial charge in [0.25, 0.3) is 0 Å². The van der Waals surface area contributed by atoms with Crippen LogP contribution in [0.2, 0.25) is 0 Å². The third kappa shape index (κ3) is 2.51. The minimum absolute atomic E-state index is 0.0298. The van der Waals surface area contributed by atoms with Gasteiger partial charge < -0.3 is 0 Å². The van der Waals surface area contributed by atoms with Crippen LogP contribution in [0.25, 0.3) is 0 Å². The van der Waals surface area contributed by atoms with Gasteiger partial charge in [0.1, 0.15) is 0 Å². The summed E-state index contributed by atoms with van der Waals surface area (Å²) in [5, 5.41) is 0. The van der Waals surface area contributed by atoms with Crippen molar-refractivity contribution in [3.8, 4) is 0 Å². The molecule has 0 amide bonds. The summed E-state index contributed by atoms with van der Waals surface area (Å²) in [7, 11) is 0. The standard InChI is InChI=1S/C16H24N2O2/c1-3-14(17-10-19)13-9-12-5-7-16(13,8-6-12)15(4-2)18-11-20/h12-15H,3-9H2,1-2H3. The fourth-order valence-electron chi connectivity index (χ4n) is 4.76. The van der Waals surface area contributed by atoms with Gasteiger partial charge in [0, 0.05) is 0 Å². The van der Waals surface area contributed by atoms with Gasteiger partial charge in [-0.05, 0) is 62.2 Å².